The van der Waals surface area contributed by atoms with Crippen molar-refractivity contribution >= 4 is 11.4 Å². The fraction of sp³-hybridized carbons (Fsp3) is 0.250. The largest absolute Gasteiger partial charge is 0.497 e. The Bertz CT molecular complexity index is 579. The second kappa shape index (κ2) is 5.65. The van der Waals surface area contributed by atoms with Gasteiger partial charge >= 0.3 is 0 Å². The summed E-state index contributed by atoms with van der Waals surface area (Å²) in [5.41, 5.74) is 4.43. The lowest BCUT2D eigenvalue weighted by Gasteiger charge is -2.14. The van der Waals surface area contributed by atoms with Crippen LogP contribution in [0.1, 0.15) is 11.1 Å². The van der Waals surface area contributed by atoms with Crippen molar-refractivity contribution in [2.24, 2.45) is 0 Å². The van der Waals surface area contributed by atoms with Gasteiger partial charge in [0.2, 0.25) is 0 Å². The van der Waals surface area contributed by atoms with Gasteiger partial charge in [-0.15, -0.1) is 0 Å². The maximum atomic E-state index is 5.39. The van der Waals surface area contributed by atoms with Crippen LogP contribution in [0, 0.1) is 13.8 Å². The van der Waals surface area contributed by atoms with Crippen molar-refractivity contribution < 1.29 is 9.47 Å². The number of rotatable bonds is 4. The molecule has 2 aromatic carbocycles. The van der Waals surface area contributed by atoms with Crippen molar-refractivity contribution in [2.75, 3.05) is 19.5 Å². The van der Waals surface area contributed by atoms with E-state index in [0.29, 0.717) is 0 Å². The van der Waals surface area contributed by atoms with E-state index in [1.807, 2.05) is 18.2 Å². The molecule has 0 saturated carbocycles. The average Bonchev–Trinajstić information content (AvgIpc) is 2.43. The fourth-order valence-corrected chi connectivity index (χ4v) is 1.92. The zero-order valence-electron chi connectivity index (χ0n) is 11.8. The summed E-state index contributed by atoms with van der Waals surface area (Å²) in [4.78, 5) is 0. The highest BCUT2D eigenvalue weighted by molar-refractivity contribution is 5.69. The van der Waals surface area contributed by atoms with E-state index in [-0.39, 0.29) is 0 Å². The monoisotopic (exact) mass is 257 g/mol. The van der Waals surface area contributed by atoms with E-state index in [9.17, 15) is 0 Å². The third-order valence-corrected chi connectivity index (χ3v) is 3.07. The molecule has 2 rings (SSSR count). The molecule has 0 aliphatic rings. The first-order valence-corrected chi connectivity index (χ1v) is 6.20. The summed E-state index contributed by atoms with van der Waals surface area (Å²) in [6.45, 7) is 4.16. The standard InChI is InChI=1S/C16H19NO2/c1-11-5-6-12(2)15(9-11)17-14-8-7-13(18-3)10-16(14)19-4/h5-10,17H,1-4H3. The third kappa shape index (κ3) is 2.99. The van der Waals surface area contributed by atoms with Gasteiger partial charge in [0.1, 0.15) is 11.5 Å². The fourth-order valence-electron chi connectivity index (χ4n) is 1.92. The highest BCUT2D eigenvalue weighted by Crippen LogP contribution is 2.32. The summed E-state index contributed by atoms with van der Waals surface area (Å²) in [5.74, 6) is 1.55. The van der Waals surface area contributed by atoms with Crippen molar-refractivity contribution in [2.45, 2.75) is 13.8 Å². The van der Waals surface area contributed by atoms with Crippen LogP contribution >= 0.6 is 0 Å². The molecule has 3 nitrogen and oxygen atoms in total. The molecule has 0 radical (unpaired) electrons. The van der Waals surface area contributed by atoms with Gasteiger partial charge in [0.25, 0.3) is 0 Å². The van der Waals surface area contributed by atoms with Gasteiger partial charge in [-0.25, -0.2) is 0 Å². The topological polar surface area (TPSA) is 30.5 Å². The van der Waals surface area contributed by atoms with Crippen LogP contribution in [0.2, 0.25) is 0 Å². The minimum absolute atomic E-state index is 0.764. The molecule has 0 aliphatic heterocycles. The molecule has 0 bridgehead atoms. The van der Waals surface area contributed by atoms with Crippen molar-refractivity contribution in [3.63, 3.8) is 0 Å². The van der Waals surface area contributed by atoms with Crippen LogP contribution < -0.4 is 14.8 Å². The zero-order chi connectivity index (χ0) is 13.8. The van der Waals surface area contributed by atoms with Gasteiger partial charge in [-0.1, -0.05) is 12.1 Å². The molecule has 0 saturated heterocycles. The molecule has 3 heteroatoms. The maximum Gasteiger partial charge on any atom is 0.145 e. The van der Waals surface area contributed by atoms with Crippen LogP contribution in [-0.2, 0) is 0 Å². The highest BCUT2D eigenvalue weighted by Gasteiger charge is 2.06. The first-order chi connectivity index (χ1) is 9.13. The van der Waals surface area contributed by atoms with E-state index in [4.69, 9.17) is 9.47 Å². The molecular formula is C16H19NO2. The van der Waals surface area contributed by atoms with E-state index in [2.05, 4.69) is 37.4 Å². The van der Waals surface area contributed by atoms with E-state index in [0.717, 1.165) is 22.9 Å². The number of methoxy groups -OCH3 is 2. The van der Waals surface area contributed by atoms with Gasteiger partial charge in [-0.3, -0.25) is 0 Å². The van der Waals surface area contributed by atoms with Gasteiger partial charge in [0, 0.05) is 11.8 Å². The first-order valence-electron chi connectivity index (χ1n) is 6.20. The number of nitrogens with one attached hydrogen (secondary N) is 1. The summed E-state index contributed by atoms with van der Waals surface area (Å²) >= 11 is 0. The SMILES string of the molecule is COc1ccc(Nc2cc(C)ccc2C)c(OC)c1. The lowest BCUT2D eigenvalue weighted by molar-refractivity contribution is 0.395. The van der Waals surface area contributed by atoms with Gasteiger partial charge < -0.3 is 14.8 Å². The van der Waals surface area contributed by atoms with Crippen molar-refractivity contribution in [3.8, 4) is 11.5 Å². The Morgan fingerprint density at radius 1 is 0.842 bits per heavy atom. The van der Waals surface area contributed by atoms with E-state index in [1.165, 1.54) is 11.1 Å². The van der Waals surface area contributed by atoms with Gasteiger partial charge in [-0.05, 0) is 43.2 Å². The van der Waals surface area contributed by atoms with Crippen LogP contribution in [0.25, 0.3) is 0 Å². The minimum atomic E-state index is 0.764. The summed E-state index contributed by atoms with van der Waals surface area (Å²) in [7, 11) is 3.30. The number of hydrogen-bond donors (Lipinski definition) is 1. The molecule has 0 heterocycles. The molecule has 0 aromatic heterocycles. The lowest BCUT2D eigenvalue weighted by Crippen LogP contribution is -1.97. The quantitative estimate of drug-likeness (QED) is 0.895. The zero-order valence-corrected chi connectivity index (χ0v) is 11.8. The molecule has 0 spiro atoms. The molecule has 19 heavy (non-hydrogen) atoms. The summed E-state index contributed by atoms with van der Waals surface area (Å²) in [6, 6.07) is 12.1. The number of ether oxygens (including phenoxy) is 2. The molecule has 2 aromatic rings. The van der Waals surface area contributed by atoms with E-state index < -0.39 is 0 Å². The normalized spacial score (nSPS) is 10.1. The first kappa shape index (κ1) is 13.3. The predicted octanol–water partition coefficient (Wildman–Crippen LogP) is 4.06. The number of aryl methyl sites for hydroxylation is 2. The third-order valence-electron chi connectivity index (χ3n) is 3.07. The van der Waals surface area contributed by atoms with Gasteiger partial charge in [0.15, 0.2) is 0 Å². The van der Waals surface area contributed by atoms with Crippen LogP contribution in [0.3, 0.4) is 0 Å². The molecule has 1 N–H and O–H groups in total. The molecule has 0 amide bonds. The predicted molar refractivity (Wildman–Crippen MR) is 78.7 cm³/mol. The van der Waals surface area contributed by atoms with Crippen LogP contribution in [0.5, 0.6) is 11.5 Å². The number of hydrogen-bond acceptors (Lipinski definition) is 3. The molecule has 0 atom stereocenters. The van der Waals surface area contributed by atoms with Gasteiger partial charge in [0.05, 0.1) is 19.9 Å². The summed E-state index contributed by atoms with van der Waals surface area (Å²) in [6.07, 6.45) is 0. The summed E-state index contributed by atoms with van der Waals surface area (Å²) in [5, 5.41) is 3.40. The van der Waals surface area contributed by atoms with Crippen LogP contribution in [0.15, 0.2) is 36.4 Å². The Hall–Kier alpha value is -2.16. The highest BCUT2D eigenvalue weighted by atomic mass is 16.5. The van der Waals surface area contributed by atoms with Crippen molar-refractivity contribution in [3.05, 3.63) is 47.5 Å². The smallest absolute Gasteiger partial charge is 0.145 e. The average molecular weight is 257 g/mol. The van der Waals surface area contributed by atoms with Gasteiger partial charge in [-0.2, -0.15) is 0 Å². The van der Waals surface area contributed by atoms with Crippen molar-refractivity contribution in [1.29, 1.82) is 0 Å². The van der Waals surface area contributed by atoms with E-state index in [1.54, 1.807) is 14.2 Å². The minimum Gasteiger partial charge on any atom is -0.497 e. The lowest BCUT2D eigenvalue weighted by atomic mass is 10.1. The number of anilines is 2. The Labute approximate surface area is 114 Å². The molecular weight excluding hydrogens is 238 g/mol. The Morgan fingerprint density at radius 3 is 2.32 bits per heavy atom. The number of benzene rings is 2. The molecule has 100 valence electrons. The molecule has 0 fully saturated rings. The Balaban J connectivity index is 2.35. The summed E-state index contributed by atoms with van der Waals surface area (Å²) < 4.78 is 10.6. The second-order valence-electron chi connectivity index (χ2n) is 4.51. The molecule has 0 aliphatic carbocycles. The van der Waals surface area contributed by atoms with Crippen molar-refractivity contribution in [1.82, 2.24) is 0 Å². The Kier molecular flexibility index (Phi) is 3.95. The van der Waals surface area contributed by atoms with E-state index >= 15 is 0 Å². The molecule has 0 unspecified atom stereocenters. The second-order valence-corrected chi connectivity index (χ2v) is 4.51. The Morgan fingerprint density at radius 2 is 1.63 bits per heavy atom. The van der Waals surface area contributed by atoms with Crippen LogP contribution in [-0.4, -0.2) is 14.2 Å². The maximum absolute atomic E-state index is 5.39. The van der Waals surface area contributed by atoms with Crippen LogP contribution in [0.4, 0.5) is 11.4 Å².